The molecule has 4 rings (SSSR count). The van der Waals surface area contributed by atoms with Gasteiger partial charge < -0.3 is 9.42 Å². The second-order valence-electron chi connectivity index (χ2n) is 6.89. The summed E-state index contributed by atoms with van der Waals surface area (Å²) < 4.78 is 5.58. The number of hydrogen-bond donors (Lipinski definition) is 0. The molecule has 3 heterocycles. The highest BCUT2D eigenvalue weighted by molar-refractivity contribution is 5.52. The highest BCUT2D eigenvalue weighted by Gasteiger charge is 2.30. The zero-order chi connectivity index (χ0) is 17.9. The van der Waals surface area contributed by atoms with E-state index in [0.29, 0.717) is 11.7 Å². The molecule has 134 valence electrons. The molecule has 1 aliphatic rings. The molecular weight excluding hydrogens is 326 g/mol. The van der Waals surface area contributed by atoms with Crippen LogP contribution in [0.5, 0.6) is 0 Å². The molecule has 2 aromatic heterocycles. The van der Waals surface area contributed by atoms with Gasteiger partial charge in [-0.2, -0.15) is 4.98 Å². The van der Waals surface area contributed by atoms with E-state index in [1.54, 1.807) is 12.4 Å². The van der Waals surface area contributed by atoms with Gasteiger partial charge in [-0.15, -0.1) is 0 Å². The summed E-state index contributed by atoms with van der Waals surface area (Å²) in [5, 5.41) is 4.15. The highest BCUT2D eigenvalue weighted by Crippen LogP contribution is 2.33. The van der Waals surface area contributed by atoms with Crippen LogP contribution < -0.4 is 4.90 Å². The summed E-state index contributed by atoms with van der Waals surface area (Å²) in [6.07, 6.45) is 5.69. The quantitative estimate of drug-likeness (QED) is 0.702. The average Bonchev–Trinajstić information content (AvgIpc) is 3.32. The standard InChI is InChI=1S/C20H23N5O/c1-24(2)17-9-7-15(8-10-17)14-25-12-4-6-18(25)20-22-19(23-26-20)16-5-3-11-21-13-16/h3,5,7-11,13,18H,4,6,12,14H2,1-2H3. The van der Waals surface area contributed by atoms with Crippen molar-refractivity contribution in [1.82, 2.24) is 20.0 Å². The summed E-state index contributed by atoms with van der Waals surface area (Å²) in [4.78, 5) is 13.3. The largest absolute Gasteiger partial charge is 0.378 e. The van der Waals surface area contributed by atoms with Gasteiger partial charge in [0.25, 0.3) is 0 Å². The van der Waals surface area contributed by atoms with Crippen LogP contribution in [0.1, 0.15) is 30.3 Å². The van der Waals surface area contributed by atoms with Gasteiger partial charge in [-0.25, -0.2) is 0 Å². The van der Waals surface area contributed by atoms with Gasteiger partial charge in [0, 0.05) is 44.3 Å². The molecule has 0 bridgehead atoms. The first-order valence-corrected chi connectivity index (χ1v) is 8.95. The van der Waals surface area contributed by atoms with Crippen molar-refractivity contribution in [1.29, 1.82) is 0 Å². The third-order valence-corrected chi connectivity index (χ3v) is 4.85. The Bertz CT molecular complexity index is 844. The number of likely N-dealkylation sites (tertiary alicyclic amines) is 1. The van der Waals surface area contributed by atoms with Crippen molar-refractivity contribution < 1.29 is 4.52 Å². The maximum Gasteiger partial charge on any atom is 0.244 e. The van der Waals surface area contributed by atoms with Crippen LogP contribution in [0.4, 0.5) is 5.69 Å². The van der Waals surface area contributed by atoms with Crippen LogP contribution in [-0.2, 0) is 6.54 Å². The van der Waals surface area contributed by atoms with Crippen molar-refractivity contribution in [3.8, 4) is 11.4 Å². The Morgan fingerprint density at radius 3 is 2.77 bits per heavy atom. The molecule has 1 saturated heterocycles. The lowest BCUT2D eigenvalue weighted by Crippen LogP contribution is -2.23. The Morgan fingerprint density at radius 2 is 2.04 bits per heavy atom. The lowest BCUT2D eigenvalue weighted by Gasteiger charge is -2.22. The number of pyridine rings is 1. The van der Waals surface area contributed by atoms with Gasteiger partial charge in [0.15, 0.2) is 0 Å². The topological polar surface area (TPSA) is 58.3 Å². The minimum atomic E-state index is 0.182. The van der Waals surface area contributed by atoms with Gasteiger partial charge in [0.2, 0.25) is 11.7 Å². The summed E-state index contributed by atoms with van der Waals surface area (Å²) in [6.45, 7) is 1.94. The van der Waals surface area contributed by atoms with E-state index < -0.39 is 0 Å². The Hall–Kier alpha value is -2.73. The lowest BCUT2D eigenvalue weighted by molar-refractivity contribution is 0.201. The molecule has 1 aliphatic heterocycles. The van der Waals surface area contributed by atoms with Gasteiger partial charge in [0.1, 0.15) is 0 Å². The van der Waals surface area contributed by atoms with Crippen molar-refractivity contribution in [2.45, 2.75) is 25.4 Å². The number of nitrogens with zero attached hydrogens (tertiary/aromatic N) is 5. The van der Waals surface area contributed by atoms with E-state index in [9.17, 15) is 0 Å². The normalized spacial score (nSPS) is 17.5. The van der Waals surface area contributed by atoms with E-state index in [-0.39, 0.29) is 6.04 Å². The molecule has 26 heavy (non-hydrogen) atoms. The minimum absolute atomic E-state index is 0.182. The first kappa shape index (κ1) is 16.7. The second-order valence-corrected chi connectivity index (χ2v) is 6.89. The van der Waals surface area contributed by atoms with Crippen molar-refractivity contribution in [2.24, 2.45) is 0 Å². The summed E-state index contributed by atoms with van der Waals surface area (Å²) >= 11 is 0. The fraction of sp³-hybridized carbons (Fsp3) is 0.350. The summed E-state index contributed by atoms with van der Waals surface area (Å²) in [5.74, 6) is 1.31. The monoisotopic (exact) mass is 349 g/mol. The predicted molar refractivity (Wildman–Crippen MR) is 101 cm³/mol. The van der Waals surface area contributed by atoms with Crippen LogP contribution in [0.25, 0.3) is 11.4 Å². The molecule has 0 aliphatic carbocycles. The zero-order valence-electron chi connectivity index (χ0n) is 15.2. The second kappa shape index (κ2) is 7.25. The lowest BCUT2D eigenvalue weighted by atomic mass is 10.1. The van der Waals surface area contributed by atoms with E-state index in [1.165, 1.54) is 11.3 Å². The van der Waals surface area contributed by atoms with Crippen molar-refractivity contribution >= 4 is 5.69 Å². The van der Waals surface area contributed by atoms with Crippen LogP contribution in [-0.4, -0.2) is 40.7 Å². The van der Waals surface area contributed by atoms with Crippen molar-refractivity contribution in [3.63, 3.8) is 0 Å². The van der Waals surface area contributed by atoms with Gasteiger partial charge >= 0.3 is 0 Å². The predicted octanol–water partition coefficient (Wildman–Crippen LogP) is 3.53. The third-order valence-electron chi connectivity index (χ3n) is 4.85. The number of rotatable bonds is 5. The van der Waals surface area contributed by atoms with Gasteiger partial charge in [-0.05, 0) is 49.2 Å². The first-order chi connectivity index (χ1) is 12.7. The molecule has 0 radical (unpaired) electrons. The fourth-order valence-electron chi connectivity index (χ4n) is 3.41. The minimum Gasteiger partial charge on any atom is -0.378 e. The van der Waals surface area contributed by atoms with Crippen LogP contribution in [0.2, 0.25) is 0 Å². The maximum absolute atomic E-state index is 5.58. The van der Waals surface area contributed by atoms with Gasteiger partial charge in [-0.1, -0.05) is 17.3 Å². The van der Waals surface area contributed by atoms with Crippen molar-refractivity contribution in [2.75, 3.05) is 25.5 Å². The Kier molecular flexibility index (Phi) is 4.67. The molecule has 0 amide bonds. The molecule has 3 aromatic rings. The molecule has 0 N–H and O–H groups in total. The van der Waals surface area contributed by atoms with Crippen LogP contribution in [0.3, 0.4) is 0 Å². The Morgan fingerprint density at radius 1 is 1.19 bits per heavy atom. The highest BCUT2D eigenvalue weighted by atomic mass is 16.5. The SMILES string of the molecule is CN(C)c1ccc(CN2CCCC2c2nc(-c3cccnc3)no2)cc1. The molecule has 0 saturated carbocycles. The average molecular weight is 349 g/mol. The number of benzene rings is 1. The Balaban J connectivity index is 1.49. The smallest absolute Gasteiger partial charge is 0.244 e. The van der Waals surface area contributed by atoms with E-state index in [4.69, 9.17) is 4.52 Å². The van der Waals surface area contributed by atoms with E-state index in [2.05, 4.69) is 63.3 Å². The summed E-state index contributed by atoms with van der Waals surface area (Å²) in [7, 11) is 4.11. The van der Waals surface area contributed by atoms with Gasteiger partial charge in [0.05, 0.1) is 6.04 Å². The zero-order valence-corrected chi connectivity index (χ0v) is 15.2. The molecule has 1 aromatic carbocycles. The third kappa shape index (κ3) is 3.46. The van der Waals surface area contributed by atoms with Crippen molar-refractivity contribution in [3.05, 3.63) is 60.2 Å². The first-order valence-electron chi connectivity index (χ1n) is 8.95. The van der Waals surface area contributed by atoms with Gasteiger partial charge in [-0.3, -0.25) is 9.88 Å². The van der Waals surface area contributed by atoms with Crippen LogP contribution >= 0.6 is 0 Å². The molecule has 1 fully saturated rings. The summed E-state index contributed by atoms with van der Waals surface area (Å²) in [6, 6.07) is 12.7. The number of aromatic nitrogens is 3. The van der Waals surface area contributed by atoms with Crippen LogP contribution in [0.15, 0.2) is 53.3 Å². The molecule has 1 atom stereocenters. The maximum atomic E-state index is 5.58. The molecular formula is C20H23N5O. The molecule has 0 spiro atoms. The van der Waals surface area contributed by atoms with E-state index in [0.717, 1.165) is 31.5 Å². The number of anilines is 1. The Labute approximate surface area is 153 Å². The number of hydrogen-bond acceptors (Lipinski definition) is 6. The molecule has 1 unspecified atom stereocenters. The molecule has 6 heteroatoms. The summed E-state index contributed by atoms with van der Waals surface area (Å²) in [5.41, 5.74) is 3.39. The fourth-order valence-corrected chi connectivity index (χ4v) is 3.41. The van der Waals surface area contributed by atoms with E-state index in [1.807, 2.05) is 12.1 Å². The van der Waals surface area contributed by atoms with Crippen LogP contribution in [0, 0.1) is 0 Å². The van der Waals surface area contributed by atoms with E-state index >= 15 is 0 Å². The molecule has 6 nitrogen and oxygen atoms in total.